The van der Waals surface area contributed by atoms with Gasteiger partial charge in [0.25, 0.3) is 0 Å². The van der Waals surface area contributed by atoms with Crippen LogP contribution in [0.15, 0.2) is 200 Å². The number of hydrogen-bond acceptors (Lipinski definition) is 1. The SMILES string of the molecule is c1ccc(-c2ccc(-c3ccccc3N(c3cccc(-c4cc5ccccc5c5ccccc45)c3)c3ccc4ccccc4c3)cc2)cc1. The maximum Gasteiger partial charge on any atom is 0.0540 e. The molecule has 0 heterocycles. The number of hydrogen-bond donors (Lipinski definition) is 0. The van der Waals surface area contributed by atoms with Crippen molar-refractivity contribution in [2.75, 3.05) is 4.90 Å². The average Bonchev–Trinajstić information content (AvgIpc) is 3.18. The van der Waals surface area contributed by atoms with Gasteiger partial charge in [0, 0.05) is 16.9 Å². The predicted octanol–water partition coefficient (Wildman–Crippen LogP) is 13.6. The quantitative estimate of drug-likeness (QED) is 0.167. The molecular formula is C48H33N. The van der Waals surface area contributed by atoms with Crippen LogP contribution in [-0.2, 0) is 0 Å². The molecular weight excluding hydrogens is 591 g/mol. The molecule has 0 N–H and O–H groups in total. The van der Waals surface area contributed by atoms with Crippen LogP contribution in [0.25, 0.3) is 65.7 Å². The second kappa shape index (κ2) is 12.3. The topological polar surface area (TPSA) is 3.24 Å². The maximum atomic E-state index is 2.42. The Kier molecular flexibility index (Phi) is 7.22. The van der Waals surface area contributed by atoms with Crippen molar-refractivity contribution in [2.24, 2.45) is 0 Å². The van der Waals surface area contributed by atoms with Gasteiger partial charge in [-0.05, 0) is 96.5 Å². The van der Waals surface area contributed by atoms with Gasteiger partial charge in [0.1, 0.15) is 0 Å². The molecule has 9 aromatic carbocycles. The van der Waals surface area contributed by atoms with Gasteiger partial charge in [-0.25, -0.2) is 0 Å². The van der Waals surface area contributed by atoms with Crippen molar-refractivity contribution in [2.45, 2.75) is 0 Å². The lowest BCUT2D eigenvalue weighted by molar-refractivity contribution is 1.29. The molecule has 0 bridgehead atoms. The summed E-state index contributed by atoms with van der Waals surface area (Å²) >= 11 is 0. The van der Waals surface area contributed by atoms with E-state index in [4.69, 9.17) is 0 Å². The second-order valence-electron chi connectivity index (χ2n) is 12.6. The van der Waals surface area contributed by atoms with Gasteiger partial charge in [0.15, 0.2) is 0 Å². The first-order valence-corrected chi connectivity index (χ1v) is 16.8. The Morgan fingerprint density at radius 2 is 0.857 bits per heavy atom. The van der Waals surface area contributed by atoms with Gasteiger partial charge in [-0.1, -0.05) is 164 Å². The first-order valence-electron chi connectivity index (χ1n) is 16.8. The molecule has 0 aliphatic carbocycles. The Labute approximate surface area is 287 Å². The van der Waals surface area contributed by atoms with Crippen LogP contribution >= 0.6 is 0 Å². The molecule has 0 radical (unpaired) electrons. The number of anilines is 3. The lowest BCUT2D eigenvalue weighted by Gasteiger charge is -2.29. The van der Waals surface area contributed by atoms with Crippen LogP contribution < -0.4 is 4.90 Å². The molecule has 1 heteroatoms. The van der Waals surface area contributed by atoms with Crippen LogP contribution in [0.2, 0.25) is 0 Å². The van der Waals surface area contributed by atoms with E-state index in [0.717, 1.165) is 17.1 Å². The zero-order valence-electron chi connectivity index (χ0n) is 27.0. The van der Waals surface area contributed by atoms with E-state index in [1.807, 2.05) is 0 Å². The molecule has 0 amide bonds. The summed E-state index contributed by atoms with van der Waals surface area (Å²) < 4.78 is 0. The second-order valence-corrected chi connectivity index (χ2v) is 12.6. The highest BCUT2D eigenvalue weighted by atomic mass is 15.1. The third-order valence-electron chi connectivity index (χ3n) is 9.62. The van der Waals surface area contributed by atoms with Gasteiger partial charge in [-0.2, -0.15) is 0 Å². The summed E-state index contributed by atoms with van der Waals surface area (Å²) in [5, 5.41) is 7.50. The fraction of sp³-hybridized carbons (Fsp3) is 0. The number of nitrogens with zero attached hydrogens (tertiary/aromatic N) is 1. The monoisotopic (exact) mass is 623 g/mol. The number of fused-ring (bicyclic) bond motifs is 4. The Morgan fingerprint density at radius 1 is 0.265 bits per heavy atom. The summed E-state index contributed by atoms with van der Waals surface area (Å²) in [7, 11) is 0. The Hall–Kier alpha value is -6.44. The van der Waals surface area contributed by atoms with Crippen molar-refractivity contribution in [3.8, 4) is 33.4 Å². The molecule has 0 fully saturated rings. The molecule has 49 heavy (non-hydrogen) atoms. The van der Waals surface area contributed by atoms with E-state index in [0.29, 0.717) is 0 Å². The van der Waals surface area contributed by atoms with Crippen LogP contribution in [0, 0.1) is 0 Å². The number of benzene rings is 9. The summed E-state index contributed by atoms with van der Waals surface area (Å²) in [4.78, 5) is 2.42. The standard InChI is InChI=1S/C48H33N/c1-2-13-34(14-3-1)36-25-27-37(28-26-36)44-21-10-11-24-48(44)49(42-30-29-35-15-4-5-16-38(35)31-42)41-19-12-18-39(32-41)47-33-40-17-6-7-20-43(40)45-22-8-9-23-46(45)47/h1-33H. The van der Waals surface area contributed by atoms with Crippen molar-refractivity contribution in [1.82, 2.24) is 0 Å². The first-order chi connectivity index (χ1) is 24.3. The molecule has 0 aliphatic heterocycles. The minimum Gasteiger partial charge on any atom is -0.310 e. The molecule has 0 saturated heterocycles. The van der Waals surface area contributed by atoms with Crippen LogP contribution in [0.5, 0.6) is 0 Å². The van der Waals surface area contributed by atoms with Gasteiger partial charge in [0.05, 0.1) is 5.69 Å². The fourth-order valence-electron chi connectivity index (χ4n) is 7.23. The van der Waals surface area contributed by atoms with Crippen LogP contribution in [0.4, 0.5) is 17.1 Å². The highest BCUT2D eigenvalue weighted by Crippen LogP contribution is 2.44. The summed E-state index contributed by atoms with van der Waals surface area (Å²) in [6, 6.07) is 72.5. The fourth-order valence-corrected chi connectivity index (χ4v) is 7.23. The van der Waals surface area contributed by atoms with Gasteiger partial charge in [-0.15, -0.1) is 0 Å². The van der Waals surface area contributed by atoms with Crippen molar-refractivity contribution in [3.05, 3.63) is 200 Å². The summed E-state index contributed by atoms with van der Waals surface area (Å²) in [6.45, 7) is 0. The molecule has 0 unspecified atom stereocenters. The summed E-state index contributed by atoms with van der Waals surface area (Å²) in [6.07, 6.45) is 0. The smallest absolute Gasteiger partial charge is 0.0540 e. The summed E-state index contributed by atoms with van der Waals surface area (Å²) in [5.41, 5.74) is 10.6. The largest absolute Gasteiger partial charge is 0.310 e. The van der Waals surface area contributed by atoms with Gasteiger partial charge in [0.2, 0.25) is 0 Å². The zero-order valence-corrected chi connectivity index (χ0v) is 27.0. The Bertz CT molecular complexity index is 2600. The average molecular weight is 624 g/mol. The van der Waals surface area contributed by atoms with E-state index in [-0.39, 0.29) is 0 Å². The third kappa shape index (κ3) is 5.32. The lowest BCUT2D eigenvalue weighted by atomic mass is 9.93. The van der Waals surface area contributed by atoms with E-state index in [1.54, 1.807) is 0 Å². The molecule has 1 nitrogen and oxygen atoms in total. The normalized spacial score (nSPS) is 11.3. The van der Waals surface area contributed by atoms with Crippen molar-refractivity contribution < 1.29 is 0 Å². The molecule has 0 aromatic heterocycles. The number of rotatable bonds is 6. The summed E-state index contributed by atoms with van der Waals surface area (Å²) in [5.74, 6) is 0. The van der Waals surface area contributed by atoms with Gasteiger partial charge in [-0.3, -0.25) is 0 Å². The van der Waals surface area contributed by atoms with E-state index in [2.05, 4.69) is 205 Å². The van der Waals surface area contributed by atoms with Crippen LogP contribution in [0.1, 0.15) is 0 Å². The minimum atomic E-state index is 1.11. The van der Waals surface area contributed by atoms with Crippen molar-refractivity contribution >= 4 is 49.4 Å². The zero-order chi connectivity index (χ0) is 32.6. The van der Waals surface area contributed by atoms with E-state index < -0.39 is 0 Å². The minimum absolute atomic E-state index is 1.11. The van der Waals surface area contributed by atoms with E-state index in [9.17, 15) is 0 Å². The Balaban J connectivity index is 1.23. The first kappa shape index (κ1) is 28.8. The molecule has 0 aliphatic rings. The molecule has 230 valence electrons. The third-order valence-corrected chi connectivity index (χ3v) is 9.62. The van der Waals surface area contributed by atoms with E-state index in [1.165, 1.54) is 65.7 Å². The van der Waals surface area contributed by atoms with Gasteiger partial charge >= 0.3 is 0 Å². The number of para-hydroxylation sites is 1. The molecule has 9 aromatic rings. The van der Waals surface area contributed by atoms with Crippen LogP contribution in [-0.4, -0.2) is 0 Å². The van der Waals surface area contributed by atoms with Gasteiger partial charge < -0.3 is 4.90 Å². The Morgan fingerprint density at radius 3 is 1.69 bits per heavy atom. The van der Waals surface area contributed by atoms with Crippen LogP contribution in [0.3, 0.4) is 0 Å². The van der Waals surface area contributed by atoms with E-state index >= 15 is 0 Å². The van der Waals surface area contributed by atoms with Crippen molar-refractivity contribution in [1.29, 1.82) is 0 Å². The molecule has 9 rings (SSSR count). The lowest BCUT2D eigenvalue weighted by Crippen LogP contribution is -2.11. The molecule has 0 atom stereocenters. The maximum absolute atomic E-state index is 2.42. The highest BCUT2D eigenvalue weighted by molar-refractivity contribution is 6.14. The molecule has 0 spiro atoms. The van der Waals surface area contributed by atoms with Crippen molar-refractivity contribution in [3.63, 3.8) is 0 Å². The predicted molar refractivity (Wildman–Crippen MR) is 210 cm³/mol. The highest BCUT2D eigenvalue weighted by Gasteiger charge is 2.19. The molecule has 0 saturated carbocycles.